The van der Waals surface area contributed by atoms with Gasteiger partial charge in [0.1, 0.15) is 10.7 Å². The van der Waals surface area contributed by atoms with Crippen molar-refractivity contribution in [2.45, 2.75) is 37.5 Å². The zero-order chi connectivity index (χ0) is 15.3. The largest absolute Gasteiger partial charge is 0.369 e. The number of halogens is 1. The van der Waals surface area contributed by atoms with Gasteiger partial charge in [-0.1, -0.05) is 13.3 Å². The molecule has 21 heavy (non-hydrogen) atoms. The molecule has 1 fully saturated rings. The van der Waals surface area contributed by atoms with Gasteiger partial charge in [0, 0.05) is 30.3 Å². The maximum Gasteiger partial charge on any atom is 0.257 e. The van der Waals surface area contributed by atoms with Gasteiger partial charge in [0.05, 0.1) is 0 Å². The fourth-order valence-corrected chi connectivity index (χ4v) is 3.97. The van der Waals surface area contributed by atoms with Crippen LogP contribution in [0.25, 0.3) is 0 Å². The quantitative estimate of drug-likeness (QED) is 0.796. The number of hydrogen-bond acceptors (Lipinski definition) is 5. The van der Waals surface area contributed by atoms with Crippen LogP contribution in [0.15, 0.2) is 21.6 Å². The molecule has 1 aromatic heterocycles. The van der Waals surface area contributed by atoms with Crippen molar-refractivity contribution < 1.29 is 8.42 Å². The first-order valence-corrected chi connectivity index (χ1v) is 9.47. The molecule has 0 amide bonds. The van der Waals surface area contributed by atoms with E-state index >= 15 is 0 Å². The first-order valence-electron chi connectivity index (χ1n) is 7.20. The van der Waals surface area contributed by atoms with Crippen LogP contribution in [-0.4, -0.2) is 38.0 Å². The van der Waals surface area contributed by atoms with E-state index < -0.39 is 10.0 Å². The standard InChI is InChI=1S/C13H21BrN4O2S/c1-2-6-15-13-12(9-11(14)10-16-13)21(19,20)17-18-7-4-3-5-8-18/h9-10,17H,2-8H2,1H3,(H,15,16). The second-order valence-corrected chi connectivity index (χ2v) is 7.61. The highest BCUT2D eigenvalue weighted by Crippen LogP contribution is 2.23. The van der Waals surface area contributed by atoms with E-state index in [1.165, 1.54) is 0 Å². The molecule has 1 aliphatic heterocycles. The number of aromatic nitrogens is 1. The van der Waals surface area contributed by atoms with Crippen LogP contribution in [-0.2, 0) is 10.0 Å². The van der Waals surface area contributed by atoms with E-state index in [0.717, 1.165) is 38.8 Å². The van der Waals surface area contributed by atoms with Crippen LogP contribution >= 0.6 is 15.9 Å². The zero-order valence-electron chi connectivity index (χ0n) is 12.1. The van der Waals surface area contributed by atoms with Gasteiger partial charge >= 0.3 is 0 Å². The lowest BCUT2D eigenvalue weighted by molar-refractivity contribution is 0.200. The number of sulfonamides is 1. The Morgan fingerprint density at radius 1 is 1.33 bits per heavy atom. The van der Waals surface area contributed by atoms with Gasteiger partial charge in [-0.05, 0) is 41.3 Å². The highest BCUT2D eigenvalue weighted by atomic mass is 79.9. The summed E-state index contributed by atoms with van der Waals surface area (Å²) in [6.07, 6.45) is 5.68. The third-order valence-electron chi connectivity index (χ3n) is 3.26. The lowest BCUT2D eigenvalue weighted by atomic mass is 10.2. The van der Waals surface area contributed by atoms with Gasteiger partial charge in [-0.25, -0.2) is 18.4 Å². The molecule has 0 saturated carbocycles. The molecule has 0 aromatic carbocycles. The van der Waals surface area contributed by atoms with Gasteiger partial charge in [0.2, 0.25) is 0 Å². The summed E-state index contributed by atoms with van der Waals surface area (Å²) in [6, 6.07) is 1.58. The molecule has 0 spiro atoms. The Morgan fingerprint density at radius 2 is 2.05 bits per heavy atom. The summed E-state index contributed by atoms with van der Waals surface area (Å²) in [7, 11) is -3.62. The number of hydrogen-bond donors (Lipinski definition) is 2. The van der Waals surface area contributed by atoms with Crippen LogP contribution in [0.3, 0.4) is 0 Å². The van der Waals surface area contributed by atoms with Gasteiger partial charge in [-0.2, -0.15) is 0 Å². The van der Waals surface area contributed by atoms with Crippen molar-refractivity contribution in [3.05, 3.63) is 16.7 Å². The van der Waals surface area contributed by atoms with Crippen molar-refractivity contribution >= 4 is 31.8 Å². The van der Waals surface area contributed by atoms with Crippen LogP contribution in [0.1, 0.15) is 32.6 Å². The maximum atomic E-state index is 12.6. The average molecular weight is 377 g/mol. The zero-order valence-corrected chi connectivity index (χ0v) is 14.5. The van der Waals surface area contributed by atoms with E-state index in [0.29, 0.717) is 16.8 Å². The van der Waals surface area contributed by atoms with Crippen molar-refractivity contribution in [1.29, 1.82) is 0 Å². The third-order valence-corrected chi connectivity index (χ3v) is 5.08. The Balaban J connectivity index is 2.22. The summed E-state index contributed by atoms with van der Waals surface area (Å²) in [5.74, 6) is 0.393. The minimum absolute atomic E-state index is 0.177. The summed E-state index contributed by atoms with van der Waals surface area (Å²) in [5.41, 5.74) is 0. The summed E-state index contributed by atoms with van der Waals surface area (Å²) in [6.45, 7) is 4.20. The Labute approximate surface area is 134 Å². The van der Waals surface area contributed by atoms with Crippen molar-refractivity contribution in [3.63, 3.8) is 0 Å². The molecule has 0 unspecified atom stereocenters. The second-order valence-electron chi connectivity index (χ2n) is 5.07. The fourth-order valence-electron chi connectivity index (χ4n) is 2.21. The molecule has 118 valence electrons. The lowest BCUT2D eigenvalue weighted by Crippen LogP contribution is -2.45. The van der Waals surface area contributed by atoms with Crippen LogP contribution in [0.5, 0.6) is 0 Å². The van der Waals surface area contributed by atoms with Gasteiger partial charge in [-0.3, -0.25) is 0 Å². The molecule has 0 aliphatic carbocycles. The SMILES string of the molecule is CCCNc1ncc(Br)cc1S(=O)(=O)NN1CCCCC1. The predicted octanol–water partition coefficient (Wildman–Crippen LogP) is 2.35. The number of nitrogens with zero attached hydrogens (tertiary/aromatic N) is 2. The number of anilines is 1. The number of hydrazine groups is 1. The molecule has 2 heterocycles. The molecule has 2 N–H and O–H groups in total. The minimum atomic E-state index is -3.62. The Kier molecular flexibility index (Phi) is 5.98. The van der Waals surface area contributed by atoms with E-state index in [1.807, 2.05) is 6.92 Å². The Morgan fingerprint density at radius 3 is 2.71 bits per heavy atom. The van der Waals surface area contributed by atoms with Crippen molar-refractivity contribution in [3.8, 4) is 0 Å². The minimum Gasteiger partial charge on any atom is -0.369 e. The summed E-state index contributed by atoms with van der Waals surface area (Å²) < 4.78 is 25.8. The van der Waals surface area contributed by atoms with Gasteiger partial charge in [0.25, 0.3) is 10.0 Å². The summed E-state index contributed by atoms with van der Waals surface area (Å²) in [5, 5.41) is 4.83. The first-order chi connectivity index (χ1) is 10.0. The first kappa shape index (κ1) is 16.7. The van der Waals surface area contributed by atoms with Crippen LogP contribution < -0.4 is 10.1 Å². The van der Waals surface area contributed by atoms with E-state index in [2.05, 4.69) is 31.1 Å². The van der Waals surface area contributed by atoms with E-state index in [9.17, 15) is 8.42 Å². The molecule has 6 nitrogen and oxygen atoms in total. The molecule has 2 rings (SSSR count). The molecule has 1 aromatic rings. The monoisotopic (exact) mass is 376 g/mol. The van der Waals surface area contributed by atoms with Crippen molar-refractivity contribution in [2.75, 3.05) is 25.0 Å². The molecule has 0 atom stereocenters. The Hall–Kier alpha value is -0.700. The number of pyridine rings is 1. The van der Waals surface area contributed by atoms with E-state index in [1.54, 1.807) is 17.3 Å². The molecule has 1 aliphatic rings. The third kappa shape index (κ3) is 4.64. The number of rotatable bonds is 6. The van der Waals surface area contributed by atoms with Crippen molar-refractivity contribution in [1.82, 2.24) is 14.8 Å². The van der Waals surface area contributed by atoms with Crippen molar-refractivity contribution in [2.24, 2.45) is 0 Å². The molecular formula is C13H21BrN4O2S. The van der Waals surface area contributed by atoms with Gasteiger partial charge < -0.3 is 5.32 Å². The molecule has 0 radical (unpaired) electrons. The molecule has 0 bridgehead atoms. The van der Waals surface area contributed by atoms with E-state index in [4.69, 9.17) is 0 Å². The van der Waals surface area contributed by atoms with Gasteiger partial charge in [-0.15, -0.1) is 4.83 Å². The highest BCUT2D eigenvalue weighted by molar-refractivity contribution is 9.10. The van der Waals surface area contributed by atoms with Gasteiger partial charge in [0.15, 0.2) is 0 Å². The summed E-state index contributed by atoms with van der Waals surface area (Å²) >= 11 is 3.29. The fraction of sp³-hybridized carbons (Fsp3) is 0.615. The molecule has 1 saturated heterocycles. The summed E-state index contributed by atoms with van der Waals surface area (Å²) in [4.78, 5) is 7.02. The van der Waals surface area contributed by atoms with Crippen LogP contribution in [0.2, 0.25) is 0 Å². The number of nitrogens with one attached hydrogen (secondary N) is 2. The average Bonchev–Trinajstić information content (AvgIpc) is 2.46. The maximum absolute atomic E-state index is 12.6. The topological polar surface area (TPSA) is 74.3 Å². The predicted molar refractivity (Wildman–Crippen MR) is 86.5 cm³/mol. The van der Waals surface area contributed by atoms with Crippen LogP contribution in [0.4, 0.5) is 5.82 Å². The number of piperidine rings is 1. The highest BCUT2D eigenvalue weighted by Gasteiger charge is 2.24. The second kappa shape index (κ2) is 7.53. The normalized spacial score (nSPS) is 16.9. The molecule has 8 heteroatoms. The lowest BCUT2D eigenvalue weighted by Gasteiger charge is -2.27. The van der Waals surface area contributed by atoms with Crippen LogP contribution in [0, 0.1) is 0 Å². The smallest absolute Gasteiger partial charge is 0.257 e. The van der Waals surface area contributed by atoms with E-state index in [-0.39, 0.29) is 4.90 Å². The molecular weight excluding hydrogens is 356 g/mol. The Bertz CT molecular complexity index is 574.